The van der Waals surface area contributed by atoms with Gasteiger partial charge in [-0.15, -0.1) is 5.10 Å². The summed E-state index contributed by atoms with van der Waals surface area (Å²) in [5.41, 5.74) is 2.44. The van der Waals surface area contributed by atoms with Crippen LogP contribution in [0.1, 0.15) is 27.3 Å². The number of aryl methyl sites for hydroxylation is 1. The van der Waals surface area contributed by atoms with Crippen LogP contribution in [0.25, 0.3) is 5.69 Å². The highest BCUT2D eigenvalue weighted by Gasteiger charge is 2.17. The minimum Gasteiger partial charge on any atom is -0.347 e. The molecule has 0 unspecified atom stereocenters. The van der Waals surface area contributed by atoms with E-state index in [2.05, 4.69) is 15.6 Å². The Morgan fingerprint density at radius 3 is 2.52 bits per heavy atom. The smallest absolute Gasteiger partial charge is 0.274 e. The molecule has 1 heterocycles. The van der Waals surface area contributed by atoms with Gasteiger partial charge in [0, 0.05) is 6.54 Å². The van der Waals surface area contributed by atoms with E-state index in [0.29, 0.717) is 16.9 Å². The summed E-state index contributed by atoms with van der Waals surface area (Å²) in [5, 5.41) is 10.5. The first-order valence-corrected chi connectivity index (χ1v) is 7.67. The third-order valence-electron chi connectivity index (χ3n) is 3.88. The Labute approximate surface area is 143 Å². The monoisotopic (exact) mass is 342 g/mol. The van der Waals surface area contributed by atoms with E-state index in [9.17, 15) is 13.6 Å². The SMILES string of the molecule is Cc1ccc(-n2nnc(C(=O)NCc3ccc(F)cc3)c2C)cc1F. The number of carbonyl (C=O) groups is 1. The number of nitrogens with one attached hydrogen (secondary N) is 1. The normalized spacial score (nSPS) is 10.7. The second kappa shape index (κ2) is 6.80. The van der Waals surface area contributed by atoms with E-state index in [1.807, 2.05) is 0 Å². The second-order valence-electron chi connectivity index (χ2n) is 5.68. The molecule has 7 heteroatoms. The van der Waals surface area contributed by atoms with E-state index in [-0.39, 0.29) is 23.9 Å². The predicted octanol–water partition coefficient (Wildman–Crippen LogP) is 3.09. The molecule has 0 aliphatic heterocycles. The van der Waals surface area contributed by atoms with Crippen LogP contribution >= 0.6 is 0 Å². The molecule has 128 valence electrons. The molecule has 1 amide bonds. The van der Waals surface area contributed by atoms with Crippen molar-refractivity contribution in [3.8, 4) is 5.69 Å². The molecule has 0 aliphatic carbocycles. The fourth-order valence-corrected chi connectivity index (χ4v) is 2.37. The van der Waals surface area contributed by atoms with Crippen LogP contribution in [0.4, 0.5) is 8.78 Å². The summed E-state index contributed by atoms with van der Waals surface area (Å²) in [6, 6.07) is 10.5. The third-order valence-corrected chi connectivity index (χ3v) is 3.88. The van der Waals surface area contributed by atoms with Gasteiger partial charge < -0.3 is 5.32 Å². The van der Waals surface area contributed by atoms with Crippen molar-refractivity contribution in [3.63, 3.8) is 0 Å². The Morgan fingerprint density at radius 2 is 1.84 bits per heavy atom. The predicted molar refractivity (Wildman–Crippen MR) is 88.4 cm³/mol. The highest BCUT2D eigenvalue weighted by molar-refractivity contribution is 5.93. The minimum atomic E-state index is -0.402. The first-order chi connectivity index (χ1) is 12.0. The molecule has 1 N–H and O–H groups in total. The Kier molecular flexibility index (Phi) is 4.56. The largest absolute Gasteiger partial charge is 0.347 e. The van der Waals surface area contributed by atoms with Crippen molar-refractivity contribution in [2.24, 2.45) is 0 Å². The number of hydrogen-bond acceptors (Lipinski definition) is 3. The number of rotatable bonds is 4. The molecule has 3 aromatic rings. The number of halogens is 2. The Hall–Kier alpha value is -3.09. The van der Waals surface area contributed by atoms with Gasteiger partial charge >= 0.3 is 0 Å². The zero-order valence-electron chi connectivity index (χ0n) is 13.8. The maximum absolute atomic E-state index is 13.7. The van der Waals surface area contributed by atoms with Crippen molar-refractivity contribution in [2.45, 2.75) is 20.4 Å². The molecule has 5 nitrogen and oxygen atoms in total. The van der Waals surface area contributed by atoms with Gasteiger partial charge in [0.25, 0.3) is 5.91 Å². The van der Waals surface area contributed by atoms with Crippen LogP contribution in [0.2, 0.25) is 0 Å². The fourth-order valence-electron chi connectivity index (χ4n) is 2.37. The van der Waals surface area contributed by atoms with Gasteiger partial charge in [-0.05, 0) is 49.2 Å². The van der Waals surface area contributed by atoms with Crippen molar-refractivity contribution in [2.75, 3.05) is 0 Å². The van der Waals surface area contributed by atoms with Crippen molar-refractivity contribution >= 4 is 5.91 Å². The van der Waals surface area contributed by atoms with Gasteiger partial charge in [-0.3, -0.25) is 4.79 Å². The van der Waals surface area contributed by atoms with Gasteiger partial charge in [-0.25, -0.2) is 13.5 Å². The molecular formula is C18H16F2N4O. The van der Waals surface area contributed by atoms with Gasteiger partial charge in [-0.1, -0.05) is 23.4 Å². The molecule has 3 rings (SSSR count). The first kappa shape index (κ1) is 16.8. The summed E-state index contributed by atoms with van der Waals surface area (Å²) in [6.45, 7) is 3.59. The number of amides is 1. The molecule has 0 atom stereocenters. The van der Waals surface area contributed by atoms with Crippen molar-refractivity contribution in [1.82, 2.24) is 20.3 Å². The van der Waals surface area contributed by atoms with Crippen LogP contribution in [0.5, 0.6) is 0 Å². The van der Waals surface area contributed by atoms with Crippen LogP contribution < -0.4 is 5.32 Å². The van der Waals surface area contributed by atoms with Crippen LogP contribution in [0.3, 0.4) is 0 Å². The topological polar surface area (TPSA) is 59.8 Å². The molecule has 0 bridgehead atoms. The summed E-state index contributed by atoms with van der Waals surface area (Å²) >= 11 is 0. The van der Waals surface area contributed by atoms with E-state index in [1.165, 1.54) is 22.9 Å². The summed E-state index contributed by atoms with van der Waals surface area (Å²) < 4.78 is 28.0. The lowest BCUT2D eigenvalue weighted by molar-refractivity contribution is 0.0945. The molecule has 2 aromatic carbocycles. The lowest BCUT2D eigenvalue weighted by atomic mass is 10.2. The number of aromatic nitrogens is 3. The summed E-state index contributed by atoms with van der Waals surface area (Å²) in [5.74, 6) is -1.09. The van der Waals surface area contributed by atoms with Gasteiger partial charge in [0.2, 0.25) is 0 Å². The van der Waals surface area contributed by atoms with Gasteiger partial charge in [0.15, 0.2) is 5.69 Å². The fraction of sp³-hybridized carbons (Fsp3) is 0.167. The van der Waals surface area contributed by atoms with E-state index in [1.54, 1.807) is 38.1 Å². The maximum Gasteiger partial charge on any atom is 0.274 e. The molecule has 1 aromatic heterocycles. The highest BCUT2D eigenvalue weighted by atomic mass is 19.1. The molecule has 0 fully saturated rings. The number of nitrogens with zero attached hydrogens (tertiary/aromatic N) is 3. The molecule has 0 saturated heterocycles. The molecule has 0 radical (unpaired) electrons. The first-order valence-electron chi connectivity index (χ1n) is 7.67. The second-order valence-corrected chi connectivity index (χ2v) is 5.68. The van der Waals surface area contributed by atoms with Crippen LogP contribution in [-0.4, -0.2) is 20.9 Å². The van der Waals surface area contributed by atoms with Crippen molar-refractivity contribution < 1.29 is 13.6 Å². The number of carbonyl (C=O) groups excluding carboxylic acids is 1. The van der Waals surface area contributed by atoms with Crippen molar-refractivity contribution in [1.29, 1.82) is 0 Å². The average Bonchev–Trinajstić information content (AvgIpc) is 2.98. The van der Waals surface area contributed by atoms with E-state index in [4.69, 9.17) is 0 Å². The zero-order valence-corrected chi connectivity index (χ0v) is 13.8. The molecule has 0 spiro atoms. The van der Waals surface area contributed by atoms with Crippen LogP contribution in [0, 0.1) is 25.5 Å². The van der Waals surface area contributed by atoms with Gasteiger partial charge in [0.05, 0.1) is 11.4 Å². The molecule has 25 heavy (non-hydrogen) atoms. The highest BCUT2D eigenvalue weighted by Crippen LogP contribution is 2.16. The van der Waals surface area contributed by atoms with E-state index >= 15 is 0 Å². The quantitative estimate of drug-likeness (QED) is 0.793. The lowest BCUT2D eigenvalue weighted by Crippen LogP contribution is -2.24. The van der Waals surface area contributed by atoms with Crippen molar-refractivity contribution in [3.05, 3.63) is 76.6 Å². The summed E-state index contributed by atoms with van der Waals surface area (Å²) in [6.07, 6.45) is 0. The number of benzene rings is 2. The van der Waals surface area contributed by atoms with E-state index < -0.39 is 5.91 Å². The van der Waals surface area contributed by atoms with Gasteiger partial charge in [0.1, 0.15) is 11.6 Å². The molecular weight excluding hydrogens is 326 g/mol. The standard InChI is InChI=1S/C18H16F2N4O/c1-11-3-8-15(9-16(11)20)24-12(2)17(22-23-24)18(25)21-10-13-4-6-14(19)7-5-13/h3-9H,10H2,1-2H3,(H,21,25). The minimum absolute atomic E-state index is 0.156. The summed E-state index contributed by atoms with van der Waals surface area (Å²) in [4.78, 5) is 12.3. The molecule has 0 aliphatic rings. The average molecular weight is 342 g/mol. The Bertz CT molecular complexity index is 919. The summed E-state index contributed by atoms with van der Waals surface area (Å²) in [7, 11) is 0. The zero-order chi connectivity index (χ0) is 18.0. The van der Waals surface area contributed by atoms with E-state index in [0.717, 1.165) is 5.56 Å². The maximum atomic E-state index is 13.7. The lowest BCUT2D eigenvalue weighted by Gasteiger charge is -2.06. The van der Waals surface area contributed by atoms with Gasteiger partial charge in [-0.2, -0.15) is 0 Å². The Balaban J connectivity index is 1.76. The van der Waals surface area contributed by atoms with Crippen LogP contribution in [-0.2, 0) is 6.54 Å². The Morgan fingerprint density at radius 1 is 1.12 bits per heavy atom. The molecule has 0 saturated carbocycles. The number of hydrogen-bond donors (Lipinski definition) is 1. The third kappa shape index (κ3) is 3.55. The van der Waals surface area contributed by atoms with Crippen LogP contribution in [0.15, 0.2) is 42.5 Å².